The molecule has 1 aromatic heterocycles. The van der Waals surface area contributed by atoms with E-state index in [0.717, 1.165) is 24.7 Å². The zero-order chi connectivity index (χ0) is 20.5. The molecular formula is C19H23N3O5S. The van der Waals surface area contributed by atoms with Crippen LogP contribution in [0.25, 0.3) is 0 Å². The van der Waals surface area contributed by atoms with Gasteiger partial charge in [0.15, 0.2) is 0 Å². The summed E-state index contributed by atoms with van der Waals surface area (Å²) in [5, 5.41) is 2.81. The number of imidazole rings is 1. The number of methoxy groups -OCH3 is 2. The Labute approximate surface area is 166 Å². The molecule has 0 saturated carbocycles. The molecule has 1 atom stereocenters. The number of hydrogen-bond donors (Lipinski definition) is 1. The number of rotatable bonds is 9. The molecule has 0 radical (unpaired) electrons. The maximum Gasteiger partial charge on any atom is 0.354 e. The molecule has 28 heavy (non-hydrogen) atoms. The van der Waals surface area contributed by atoms with Crippen LogP contribution in [0.15, 0.2) is 53.5 Å². The first-order valence-electron chi connectivity index (χ1n) is 8.60. The van der Waals surface area contributed by atoms with Gasteiger partial charge in [0.1, 0.15) is 5.70 Å². The van der Waals surface area contributed by atoms with Crippen LogP contribution >= 0.6 is 0 Å². The highest BCUT2D eigenvalue weighted by Crippen LogP contribution is 2.17. The van der Waals surface area contributed by atoms with Crippen molar-refractivity contribution in [2.75, 3.05) is 19.5 Å². The van der Waals surface area contributed by atoms with Gasteiger partial charge < -0.3 is 19.4 Å². The fourth-order valence-corrected chi connectivity index (χ4v) is 3.52. The molecule has 0 aliphatic heterocycles. The average Bonchev–Trinajstić information content (AvgIpc) is 3.14. The number of aryl methyl sites for hydroxylation is 1. The van der Waals surface area contributed by atoms with E-state index in [1.807, 2.05) is 4.57 Å². The van der Waals surface area contributed by atoms with E-state index < -0.39 is 22.7 Å². The molecule has 1 N–H and O–H groups in total. The number of aromatic nitrogens is 2. The lowest BCUT2D eigenvalue weighted by molar-refractivity contribution is -0.138. The van der Waals surface area contributed by atoms with E-state index in [9.17, 15) is 13.8 Å². The minimum absolute atomic E-state index is 0.0633. The molecule has 0 bridgehead atoms. The number of carbonyl (C=O) groups excluding carboxylic acids is 2. The summed E-state index contributed by atoms with van der Waals surface area (Å²) in [6.07, 6.45) is 5.44. The number of carbonyl (C=O) groups is 2. The molecule has 9 heteroatoms. The van der Waals surface area contributed by atoms with Crippen LogP contribution in [0, 0.1) is 0 Å². The second-order valence-corrected chi connectivity index (χ2v) is 7.24. The van der Waals surface area contributed by atoms with Crippen LogP contribution in [0.2, 0.25) is 0 Å². The van der Waals surface area contributed by atoms with Crippen molar-refractivity contribution in [3.63, 3.8) is 0 Å². The van der Waals surface area contributed by atoms with Crippen molar-refractivity contribution in [2.45, 2.75) is 30.5 Å². The van der Waals surface area contributed by atoms with Gasteiger partial charge in [-0.15, -0.1) is 0 Å². The third-order valence-electron chi connectivity index (χ3n) is 3.81. The van der Waals surface area contributed by atoms with Gasteiger partial charge in [-0.3, -0.25) is 4.21 Å². The summed E-state index contributed by atoms with van der Waals surface area (Å²) < 4.78 is 23.8. The van der Waals surface area contributed by atoms with Gasteiger partial charge in [-0.05, 0) is 30.7 Å². The van der Waals surface area contributed by atoms with Crippen molar-refractivity contribution < 1.29 is 23.3 Å². The predicted molar refractivity (Wildman–Crippen MR) is 105 cm³/mol. The number of ether oxygens (including phenoxy) is 2. The quantitative estimate of drug-likeness (QED) is 0.504. The van der Waals surface area contributed by atoms with Crippen molar-refractivity contribution in [1.82, 2.24) is 9.55 Å². The molecule has 0 amide bonds. The highest BCUT2D eigenvalue weighted by molar-refractivity contribution is 7.84. The van der Waals surface area contributed by atoms with E-state index in [2.05, 4.69) is 26.7 Å². The third-order valence-corrected chi connectivity index (χ3v) is 5.16. The summed E-state index contributed by atoms with van der Waals surface area (Å²) in [6.45, 7) is 2.90. The topological polar surface area (TPSA) is 99.5 Å². The van der Waals surface area contributed by atoms with Gasteiger partial charge in [0, 0.05) is 23.3 Å². The number of hydrogen-bond acceptors (Lipinski definition) is 7. The molecule has 0 aliphatic rings. The summed E-state index contributed by atoms with van der Waals surface area (Å²) in [5.74, 6) is -1.03. The molecule has 1 heterocycles. The van der Waals surface area contributed by atoms with Crippen LogP contribution in [-0.4, -0.2) is 39.9 Å². The summed E-state index contributed by atoms with van der Waals surface area (Å²) in [7, 11) is 1.19. The van der Waals surface area contributed by atoms with Gasteiger partial charge >= 0.3 is 11.9 Å². The Hall–Kier alpha value is -2.94. The molecule has 2 aromatic rings. The van der Waals surface area contributed by atoms with Crippen LogP contribution in [0.3, 0.4) is 0 Å². The largest absolute Gasteiger partial charge is 0.466 e. The monoisotopic (exact) mass is 405 g/mol. The van der Waals surface area contributed by atoms with Gasteiger partial charge in [0.05, 0.1) is 48.9 Å². The first-order chi connectivity index (χ1) is 13.5. The second kappa shape index (κ2) is 10.4. The highest BCUT2D eigenvalue weighted by atomic mass is 32.2. The van der Waals surface area contributed by atoms with E-state index in [4.69, 9.17) is 0 Å². The summed E-state index contributed by atoms with van der Waals surface area (Å²) >= 11 is 0. The van der Waals surface area contributed by atoms with Crippen LogP contribution in [0.4, 0.5) is 5.69 Å². The number of anilines is 1. The van der Waals surface area contributed by atoms with Crippen molar-refractivity contribution in [1.29, 1.82) is 0 Å². The summed E-state index contributed by atoms with van der Waals surface area (Å²) in [5.41, 5.74) is 1.39. The van der Waals surface area contributed by atoms with E-state index in [0.29, 0.717) is 16.3 Å². The SMILES string of the molecule is CCCn1cncc1CS(=O)c1ccc(N/C(=C/C(=O)OC)C(=O)OC)cc1. The summed E-state index contributed by atoms with van der Waals surface area (Å²) in [6, 6.07) is 6.74. The third kappa shape index (κ3) is 5.78. The standard InChI is InChI=1S/C19H23N3O5S/c1-4-9-22-13-20-11-15(22)12-28(25)16-7-5-14(6-8-16)21-17(19(24)27-3)10-18(23)26-2/h5-8,10-11,13,21H,4,9,12H2,1-3H3/b17-10+. The number of benzene rings is 1. The Balaban J connectivity index is 2.10. The number of nitrogens with zero attached hydrogens (tertiary/aromatic N) is 2. The molecule has 1 aromatic carbocycles. The second-order valence-electron chi connectivity index (χ2n) is 5.79. The Kier molecular flexibility index (Phi) is 7.94. The van der Waals surface area contributed by atoms with E-state index in [1.165, 1.54) is 14.2 Å². The van der Waals surface area contributed by atoms with Crippen molar-refractivity contribution in [3.05, 3.63) is 54.3 Å². The molecule has 2 rings (SSSR count). The minimum Gasteiger partial charge on any atom is -0.466 e. The van der Waals surface area contributed by atoms with Gasteiger partial charge in [-0.25, -0.2) is 14.6 Å². The van der Waals surface area contributed by atoms with E-state index in [-0.39, 0.29) is 5.70 Å². The van der Waals surface area contributed by atoms with Gasteiger partial charge in [0.2, 0.25) is 0 Å². The van der Waals surface area contributed by atoms with Crippen LogP contribution < -0.4 is 5.32 Å². The average molecular weight is 405 g/mol. The van der Waals surface area contributed by atoms with Crippen LogP contribution in [0.1, 0.15) is 19.0 Å². The van der Waals surface area contributed by atoms with Gasteiger partial charge in [0.25, 0.3) is 0 Å². The molecule has 0 fully saturated rings. The maximum atomic E-state index is 12.6. The fraction of sp³-hybridized carbons (Fsp3) is 0.316. The first-order valence-corrected chi connectivity index (χ1v) is 9.92. The van der Waals surface area contributed by atoms with E-state index in [1.54, 1.807) is 36.8 Å². The molecule has 0 spiro atoms. The van der Waals surface area contributed by atoms with Crippen LogP contribution in [0.5, 0.6) is 0 Å². The highest BCUT2D eigenvalue weighted by Gasteiger charge is 2.14. The predicted octanol–water partition coefficient (Wildman–Crippen LogP) is 2.24. The van der Waals surface area contributed by atoms with Crippen LogP contribution in [-0.2, 0) is 42.2 Å². The Bertz CT molecular complexity index is 874. The summed E-state index contributed by atoms with van der Waals surface area (Å²) in [4.78, 5) is 28.0. The first kappa shape index (κ1) is 21.4. The Morgan fingerprint density at radius 3 is 2.54 bits per heavy atom. The van der Waals surface area contributed by atoms with Crippen molar-refractivity contribution in [3.8, 4) is 0 Å². The Morgan fingerprint density at radius 2 is 1.93 bits per heavy atom. The lowest BCUT2D eigenvalue weighted by atomic mass is 10.3. The number of esters is 2. The van der Waals surface area contributed by atoms with Gasteiger partial charge in [-0.1, -0.05) is 6.92 Å². The molecule has 1 unspecified atom stereocenters. The molecule has 8 nitrogen and oxygen atoms in total. The normalized spacial score (nSPS) is 12.3. The maximum absolute atomic E-state index is 12.6. The molecular weight excluding hydrogens is 382 g/mol. The molecule has 150 valence electrons. The smallest absolute Gasteiger partial charge is 0.354 e. The zero-order valence-corrected chi connectivity index (χ0v) is 16.8. The molecule has 0 aliphatic carbocycles. The lowest BCUT2D eigenvalue weighted by Crippen LogP contribution is -2.15. The fourth-order valence-electron chi connectivity index (χ4n) is 2.41. The zero-order valence-electron chi connectivity index (χ0n) is 16.0. The van der Waals surface area contributed by atoms with E-state index >= 15 is 0 Å². The van der Waals surface area contributed by atoms with Crippen molar-refractivity contribution >= 4 is 28.4 Å². The lowest BCUT2D eigenvalue weighted by Gasteiger charge is -2.10. The number of nitrogens with one attached hydrogen (secondary N) is 1. The van der Waals surface area contributed by atoms with Crippen molar-refractivity contribution in [2.24, 2.45) is 0 Å². The van der Waals surface area contributed by atoms with Gasteiger partial charge in [-0.2, -0.15) is 0 Å². The molecule has 0 saturated heterocycles. The Morgan fingerprint density at radius 1 is 1.21 bits per heavy atom. The minimum atomic E-state index is -1.24.